The third kappa shape index (κ3) is 5.90. The van der Waals surface area contributed by atoms with Crippen molar-refractivity contribution in [3.63, 3.8) is 0 Å². The molecule has 0 aliphatic carbocycles. The van der Waals surface area contributed by atoms with Gasteiger partial charge in [-0.15, -0.1) is 0 Å². The fourth-order valence-corrected chi connectivity index (χ4v) is 1.96. The van der Waals surface area contributed by atoms with Gasteiger partial charge in [0, 0.05) is 19.6 Å². The van der Waals surface area contributed by atoms with E-state index in [1.807, 2.05) is 17.0 Å². The third-order valence-corrected chi connectivity index (χ3v) is 3.23. The first-order chi connectivity index (χ1) is 9.47. The van der Waals surface area contributed by atoms with Gasteiger partial charge in [0.25, 0.3) is 0 Å². The van der Waals surface area contributed by atoms with Crippen LogP contribution < -0.4 is 4.74 Å². The van der Waals surface area contributed by atoms with Crippen LogP contribution in [0.4, 0.5) is 0 Å². The maximum Gasteiger partial charge on any atom is 0.119 e. The number of ether oxygens (including phenoxy) is 1. The van der Waals surface area contributed by atoms with Crippen LogP contribution in [-0.4, -0.2) is 54.6 Å². The molecular weight excluding hydrogens is 254 g/mol. The highest BCUT2D eigenvalue weighted by Crippen LogP contribution is 2.24. The highest BCUT2D eigenvalue weighted by atomic mass is 16.5. The van der Waals surface area contributed by atoms with E-state index >= 15 is 0 Å². The number of hydrogen-bond donors (Lipinski definition) is 2. The highest BCUT2D eigenvalue weighted by molar-refractivity contribution is 5.31. The minimum Gasteiger partial charge on any atom is -0.492 e. The molecule has 0 bridgehead atoms. The van der Waals surface area contributed by atoms with Gasteiger partial charge in [0.05, 0.1) is 13.2 Å². The van der Waals surface area contributed by atoms with Crippen molar-refractivity contribution < 1.29 is 14.9 Å². The average Bonchev–Trinajstić information content (AvgIpc) is 2.39. The molecule has 0 atom stereocenters. The summed E-state index contributed by atoms with van der Waals surface area (Å²) in [5.74, 6) is 0.853. The Labute approximate surface area is 122 Å². The van der Waals surface area contributed by atoms with Gasteiger partial charge in [-0.3, -0.25) is 4.90 Å². The van der Waals surface area contributed by atoms with Crippen molar-refractivity contribution in [1.29, 1.82) is 0 Å². The van der Waals surface area contributed by atoms with E-state index in [-0.39, 0.29) is 18.6 Å². The fraction of sp³-hybridized carbons (Fsp3) is 0.625. The number of nitrogens with zero attached hydrogens (tertiary/aromatic N) is 1. The summed E-state index contributed by atoms with van der Waals surface area (Å²) in [7, 11) is 0. The Balaban J connectivity index is 2.41. The maximum absolute atomic E-state index is 8.92. The lowest BCUT2D eigenvalue weighted by Crippen LogP contribution is -2.33. The van der Waals surface area contributed by atoms with Gasteiger partial charge >= 0.3 is 0 Å². The Morgan fingerprint density at radius 3 is 1.95 bits per heavy atom. The van der Waals surface area contributed by atoms with Crippen molar-refractivity contribution in [3.05, 3.63) is 29.8 Å². The Morgan fingerprint density at radius 1 is 0.950 bits per heavy atom. The summed E-state index contributed by atoms with van der Waals surface area (Å²) in [6.45, 7) is 9.12. The van der Waals surface area contributed by atoms with Crippen molar-refractivity contribution in [3.8, 4) is 5.75 Å². The molecule has 0 fully saturated rings. The highest BCUT2D eigenvalue weighted by Gasteiger charge is 2.13. The largest absolute Gasteiger partial charge is 0.492 e. The summed E-state index contributed by atoms with van der Waals surface area (Å²) in [6.07, 6.45) is 0. The van der Waals surface area contributed by atoms with E-state index in [2.05, 4.69) is 32.9 Å². The first kappa shape index (κ1) is 17.0. The first-order valence-corrected chi connectivity index (χ1v) is 7.15. The molecule has 2 N–H and O–H groups in total. The minimum atomic E-state index is 0.0975. The van der Waals surface area contributed by atoms with Crippen LogP contribution in [0.25, 0.3) is 0 Å². The molecule has 1 aromatic rings. The van der Waals surface area contributed by atoms with Crippen LogP contribution >= 0.6 is 0 Å². The molecule has 0 spiro atoms. The molecule has 0 aliphatic rings. The van der Waals surface area contributed by atoms with Crippen molar-refractivity contribution in [1.82, 2.24) is 4.90 Å². The minimum absolute atomic E-state index is 0.0975. The molecule has 1 rings (SSSR count). The van der Waals surface area contributed by atoms with E-state index in [1.165, 1.54) is 5.56 Å². The first-order valence-electron chi connectivity index (χ1n) is 7.15. The predicted octanol–water partition coefficient (Wildman–Crippen LogP) is 1.65. The Kier molecular flexibility index (Phi) is 6.99. The predicted molar refractivity (Wildman–Crippen MR) is 81.2 cm³/mol. The lowest BCUT2D eigenvalue weighted by atomic mass is 9.87. The van der Waals surface area contributed by atoms with E-state index in [1.54, 1.807) is 0 Å². The smallest absolute Gasteiger partial charge is 0.119 e. The zero-order chi connectivity index (χ0) is 15.0. The number of aliphatic hydroxyl groups is 2. The Bertz CT molecular complexity index is 364. The second-order valence-electron chi connectivity index (χ2n) is 5.91. The van der Waals surface area contributed by atoms with E-state index in [0.29, 0.717) is 26.2 Å². The van der Waals surface area contributed by atoms with Crippen LogP contribution in [0.3, 0.4) is 0 Å². The lowest BCUT2D eigenvalue weighted by Gasteiger charge is -2.21. The fourth-order valence-electron chi connectivity index (χ4n) is 1.96. The summed E-state index contributed by atoms with van der Waals surface area (Å²) in [5.41, 5.74) is 1.43. The lowest BCUT2D eigenvalue weighted by molar-refractivity contribution is 0.141. The van der Waals surface area contributed by atoms with Crippen LogP contribution in [0.15, 0.2) is 24.3 Å². The molecule has 4 heteroatoms. The topological polar surface area (TPSA) is 52.9 Å². The van der Waals surface area contributed by atoms with Crippen molar-refractivity contribution in [2.45, 2.75) is 26.2 Å². The van der Waals surface area contributed by atoms with Crippen molar-refractivity contribution >= 4 is 0 Å². The van der Waals surface area contributed by atoms with Gasteiger partial charge in [0.15, 0.2) is 0 Å². The normalized spacial score (nSPS) is 11.9. The van der Waals surface area contributed by atoms with Gasteiger partial charge in [0.2, 0.25) is 0 Å². The van der Waals surface area contributed by atoms with Crippen LogP contribution in [0, 0.1) is 0 Å². The van der Waals surface area contributed by atoms with Gasteiger partial charge in [-0.2, -0.15) is 0 Å². The summed E-state index contributed by atoms with van der Waals surface area (Å²) < 4.78 is 5.69. The zero-order valence-electron chi connectivity index (χ0n) is 12.8. The molecule has 114 valence electrons. The number of aliphatic hydroxyl groups excluding tert-OH is 2. The van der Waals surface area contributed by atoms with Crippen molar-refractivity contribution in [2.24, 2.45) is 0 Å². The maximum atomic E-state index is 8.92. The van der Waals surface area contributed by atoms with Crippen LogP contribution in [0.2, 0.25) is 0 Å². The molecule has 0 heterocycles. The average molecular weight is 281 g/mol. The summed E-state index contributed by atoms with van der Waals surface area (Å²) in [6, 6.07) is 8.16. The molecule has 0 saturated carbocycles. The van der Waals surface area contributed by atoms with Gasteiger partial charge in [0.1, 0.15) is 12.4 Å². The van der Waals surface area contributed by atoms with Gasteiger partial charge in [-0.25, -0.2) is 0 Å². The molecule has 0 saturated heterocycles. The van der Waals surface area contributed by atoms with E-state index in [9.17, 15) is 0 Å². The molecular formula is C16H27NO3. The summed E-state index contributed by atoms with van der Waals surface area (Å²) in [5, 5.41) is 17.8. The van der Waals surface area contributed by atoms with Crippen molar-refractivity contribution in [2.75, 3.05) is 39.5 Å². The SMILES string of the molecule is CC(C)(C)c1ccc(OCCN(CCO)CCO)cc1. The molecule has 20 heavy (non-hydrogen) atoms. The standard InChI is InChI=1S/C16H27NO3/c1-16(2,3)14-4-6-15(7-5-14)20-13-10-17(8-11-18)9-12-19/h4-7,18-19H,8-13H2,1-3H3. The zero-order valence-corrected chi connectivity index (χ0v) is 12.8. The number of hydrogen-bond acceptors (Lipinski definition) is 4. The number of rotatable bonds is 8. The van der Waals surface area contributed by atoms with E-state index < -0.39 is 0 Å². The summed E-state index contributed by atoms with van der Waals surface area (Å²) in [4.78, 5) is 1.98. The van der Waals surface area contributed by atoms with Gasteiger partial charge < -0.3 is 14.9 Å². The van der Waals surface area contributed by atoms with E-state index in [4.69, 9.17) is 14.9 Å². The molecule has 0 aromatic heterocycles. The second-order valence-corrected chi connectivity index (χ2v) is 5.91. The van der Waals surface area contributed by atoms with Gasteiger partial charge in [-0.1, -0.05) is 32.9 Å². The van der Waals surface area contributed by atoms with Crippen LogP contribution in [0.5, 0.6) is 5.75 Å². The van der Waals surface area contributed by atoms with Crippen LogP contribution in [0.1, 0.15) is 26.3 Å². The molecule has 4 nitrogen and oxygen atoms in total. The number of benzene rings is 1. The third-order valence-electron chi connectivity index (χ3n) is 3.23. The second kappa shape index (κ2) is 8.25. The quantitative estimate of drug-likeness (QED) is 0.761. The van der Waals surface area contributed by atoms with E-state index in [0.717, 1.165) is 5.75 Å². The molecule has 0 unspecified atom stereocenters. The Morgan fingerprint density at radius 2 is 1.50 bits per heavy atom. The molecule has 0 amide bonds. The van der Waals surface area contributed by atoms with Crippen LogP contribution in [-0.2, 0) is 5.41 Å². The molecule has 0 aliphatic heterocycles. The van der Waals surface area contributed by atoms with Gasteiger partial charge in [-0.05, 0) is 23.1 Å². The molecule has 0 radical (unpaired) electrons. The Hall–Kier alpha value is -1.10. The summed E-state index contributed by atoms with van der Waals surface area (Å²) >= 11 is 0. The monoisotopic (exact) mass is 281 g/mol. The molecule has 1 aromatic carbocycles.